The van der Waals surface area contributed by atoms with Crippen molar-refractivity contribution in [3.63, 3.8) is 0 Å². The van der Waals surface area contributed by atoms with Crippen LogP contribution < -0.4 is 40.9 Å². The van der Waals surface area contributed by atoms with Gasteiger partial charge in [-0.05, 0) is 210 Å². The van der Waals surface area contributed by atoms with Gasteiger partial charge in [0.05, 0.1) is 93.3 Å². The molecular formula is C100H84Cu4N12O20. The third-order valence-electron chi connectivity index (χ3n) is 16.0. The molecule has 4 amide bonds. The number of carbonyl (C=O) groups is 12. The minimum atomic E-state index is -1.25. The predicted molar refractivity (Wildman–Crippen MR) is 489 cm³/mol. The number of rotatable bonds is 28. The molecule has 0 spiro atoms. The Hall–Kier alpha value is -16.3. The molecule has 0 saturated heterocycles. The summed E-state index contributed by atoms with van der Waals surface area (Å²) in [5.74, 6) is -10.0. The minimum absolute atomic E-state index is 0. The molecule has 12 aromatic rings. The fourth-order valence-corrected chi connectivity index (χ4v) is 9.78. The van der Waals surface area contributed by atoms with Gasteiger partial charge in [0.1, 0.15) is 0 Å². The van der Waals surface area contributed by atoms with Crippen LogP contribution in [-0.4, -0.2) is 199 Å². The molecule has 0 aliphatic carbocycles. The second-order valence-corrected chi connectivity index (χ2v) is 27.7. The van der Waals surface area contributed by atoms with E-state index in [0.717, 1.165) is 70.1 Å². The molecule has 0 aliphatic heterocycles. The van der Waals surface area contributed by atoms with E-state index in [9.17, 15) is 98.4 Å². The van der Waals surface area contributed by atoms with Crippen molar-refractivity contribution in [2.45, 2.75) is 0 Å². The summed E-state index contributed by atoms with van der Waals surface area (Å²) in [5.41, 5.74) is 10.9. The van der Waals surface area contributed by atoms with E-state index in [1.54, 1.807) is 203 Å². The van der Waals surface area contributed by atoms with Crippen LogP contribution in [0.5, 0.6) is 0 Å². The maximum absolute atomic E-state index is 10.9. The Balaban J connectivity index is 0.000000839. The van der Waals surface area contributed by atoms with Gasteiger partial charge >= 0.3 is 68.3 Å². The zero-order valence-electron chi connectivity index (χ0n) is 73.4. The van der Waals surface area contributed by atoms with E-state index in [-0.39, 0.29) is 113 Å². The van der Waals surface area contributed by atoms with Gasteiger partial charge in [-0.1, -0.05) is 170 Å². The van der Waals surface area contributed by atoms with E-state index in [1.165, 1.54) is 117 Å². The maximum atomic E-state index is 10.9. The van der Waals surface area contributed by atoms with Gasteiger partial charge in [0.2, 0.25) is 25.6 Å². The van der Waals surface area contributed by atoms with Gasteiger partial charge in [-0.15, -0.1) is 0 Å². The summed E-state index contributed by atoms with van der Waals surface area (Å²) < 4.78 is 0. The smallest absolute Gasteiger partial charge is 0.545 e. The summed E-state index contributed by atoms with van der Waals surface area (Å²) in [5, 5.41) is 87.2. The van der Waals surface area contributed by atoms with Crippen LogP contribution in [0.25, 0.3) is 0 Å². The van der Waals surface area contributed by atoms with Crippen molar-refractivity contribution < 1.29 is 167 Å². The average Bonchev–Trinajstić information content (AvgIpc) is 0.856. The Bertz CT molecular complexity index is 5180. The van der Waals surface area contributed by atoms with Gasteiger partial charge in [0.15, 0.2) is 0 Å². The van der Waals surface area contributed by atoms with Crippen LogP contribution in [0.3, 0.4) is 0 Å². The summed E-state index contributed by atoms with van der Waals surface area (Å²) in [7, 11) is 13.5. The second kappa shape index (κ2) is 64.5. The zero-order valence-corrected chi connectivity index (χ0v) is 77.1. The van der Waals surface area contributed by atoms with E-state index in [0.29, 0.717) is 45.5 Å². The van der Waals surface area contributed by atoms with Crippen LogP contribution in [0, 0.1) is 0 Å². The molecule has 36 heteroatoms. The molecule has 0 heterocycles. The molecule has 0 bridgehead atoms. The molecular weight excluding hydrogens is 1940 g/mol. The average molecular weight is 2030 g/mol. The third kappa shape index (κ3) is 47.5. The first-order valence-electron chi connectivity index (χ1n) is 38.8. The van der Waals surface area contributed by atoms with Crippen LogP contribution in [0.2, 0.25) is 0 Å². The third-order valence-corrected chi connectivity index (χ3v) is 16.0. The summed E-state index contributed by atoms with van der Waals surface area (Å²) in [4.78, 5) is 165. The van der Waals surface area contributed by atoms with Crippen molar-refractivity contribution in [2.24, 2.45) is 39.9 Å². The number of amides is 4. The second-order valence-electron chi connectivity index (χ2n) is 27.7. The number of nitrogens with zero attached hydrogens (tertiary/aromatic N) is 12. The predicted octanol–water partition coefficient (Wildman–Crippen LogP) is 6.47. The summed E-state index contributed by atoms with van der Waals surface area (Å²) in [6, 6.07) is 78.8. The number of hydrogen-bond acceptors (Lipinski definition) is 28. The number of aromatic carboxylic acids is 8. The van der Waals surface area contributed by atoms with Crippen LogP contribution in [0.4, 0.5) is 45.5 Å². The Labute approximate surface area is 825 Å². The van der Waals surface area contributed by atoms with Gasteiger partial charge in [0.25, 0.3) is 0 Å². The largest absolute Gasteiger partial charge is 2.00 e. The summed E-state index contributed by atoms with van der Waals surface area (Å²) in [6.07, 6.45) is 15.9. The maximum Gasteiger partial charge on any atom is 2.00 e. The number of carboxylic acids is 8. The Morgan fingerprint density at radius 2 is 0.279 bits per heavy atom. The fraction of sp³-hybridized carbons (Fsp3) is 0.0800. The minimum Gasteiger partial charge on any atom is -0.545 e. The van der Waals surface area contributed by atoms with Crippen molar-refractivity contribution in [3.05, 3.63) is 380 Å². The molecule has 0 atom stereocenters. The zero-order chi connectivity index (χ0) is 96.9. The number of benzene rings is 12. The molecule has 0 unspecified atom stereocenters. The van der Waals surface area contributed by atoms with E-state index in [2.05, 4.69) is 39.9 Å². The van der Waals surface area contributed by atoms with Crippen LogP contribution in [-0.2, 0) is 87.5 Å². The molecule has 4 radical (unpaired) electrons. The van der Waals surface area contributed by atoms with Crippen LogP contribution in [0.1, 0.15) is 127 Å². The van der Waals surface area contributed by atoms with E-state index >= 15 is 0 Å². The Morgan fingerprint density at radius 3 is 0.368 bits per heavy atom. The molecule has 0 N–H and O–H groups in total. The normalized spacial score (nSPS) is 10.2. The topological polar surface area (TPSA) is 501 Å². The molecule has 136 heavy (non-hydrogen) atoms. The Morgan fingerprint density at radius 1 is 0.184 bits per heavy atom. The SMILES string of the molecule is CN(C)C=O.CN(C)C=O.CN(C)C=O.CN(C)C=O.O=C([O-])c1cccc(N=Cc2cccc(C=Nc3cccc(C(=O)[O-])c3)c2)c1.O=C([O-])c1cccc(N=Cc2cccc(C=Nc3cccc(C(=O)[O-])c3)c2)c1.O=C([O-])c1cccc(N=Cc2cccc(C=Nc3cccc(C(=O)[O-])c3)c2)c1.O=C([O-])c1cccc(N=Cc2cccc(C=Nc3cccc(C(=O)[O-])c3)c2)c1.[Cu+2].[Cu+2].[Cu+2].[Cu+2]. The molecule has 708 valence electrons. The molecule has 0 aliphatic rings. The molecule has 0 aromatic heterocycles. The van der Waals surface area contributed by atoms with Gasteiger partial charge in [-0.2, -0.15) is 0 Å². The number of carboxylic acid groups (broad SMARTS) is 8. The van der Waals surface area contributed by atoms with Crippen LogP contribution in [0.15, 0.2) is 331 Å². The molecule has 0 saturated carbocycles. The number of carbonyl (C=O) groups excluding carboxylic acids is 12. The molecule has 12 aromatic carbocycles. The monoisotopic (exact) mass is 2020 g/mol. The molecule has 0 fully saturated rings. The molecule has 12 rings (SSSR count). The summed E-state index contributed by atoms with van der Waals surface area (Å²) >= 11 is 0. The summed E-state index contributed by atoms with van der Waals surface area (Å²) in [6.45, 7) is 0. The standard InChI is InChI=1S/4C22H16N2O4.4C3H7NO.4Cu/c4*25-21(26)17-6-2-8-19(11-17)23-13-15-4-1-5-16(10-15)14-24-20-9-3-7-18(12-20)22(27)28;4*1-4(2)3-5;;;;/h4*1-14H,(H,25,26)(H,27,28);4*3H,1-2H3;;;;/q;;;;;;;;4*+2/p-8. The first-order valence-corrected chi connectivity index (χ1v) is 38.8. The van der Waals surface area contributed by atoms with E-state index in [1.807, 2.05) is 97.1 Å². The Kier molecular flexibility index (Phi) is 55.8. The fourth-order valence-electron chi connectivity index (χ4n) is 9.78. The van der Waals surface area contributed by atoms with Crippen molar-refractivity contribution in [1.82, 2.24) is 19.6 Å². The van der Waals surface area contributed by atoms with Gasteiger partial charge in [0, 0.05) is 106 Å². The first-order chi connectivity index (χ1) is 63.1. The first kappa shape index (κ1) is 118. The van der Waals surface area contributed by atoms with Gasteiger partial charge in [-0.25, -0.2) is 0 Å². The van der Waals surface area contributed by atoms with Crippen molar-refractivity contribution in [2.75, 3.05) is 56.4 Å². The van der Waals surface area contributed by atoms with Crippen molar-refractivity contribution >= 4 is 169 Å². The van der Waals surface area contributed by atoms with Crippen LogP contribution >= 0.6 is 0 Å². The van der Waals surface area contributed by atoms with E-state index < -0.39 is 47.8 Å². The van der Waals surface area contributed by atoms with Crippen molar-refractivity contribution in [1.29, 1.82) is 0 Å². The molecule has 32 nitrogen and oxygen atoms in total. The number of aliphatic imine (C=N–C) groups is 8. The van der Waals surface area contributed by atoms with Gasteiger partial charge < -0.3 is 98.8 Å². The van der Waals surface area contributed by atoms with Crippen molar-refractivity contribution in [3.8, 4) is 0 Å². The number of hydrogen-bond donors (Lipinski definition) is 0. The van der Waals surface area contributed by atoms with Gasteiger partial charge in [-0.3, -0.25) is 59.1 Å². The van der Waals surface area contributed by atoms with E-state index in [4.69, 9.17) is 0 Å². The quantitative estimate of drug-likeness (QED) is 0.0288.